The Morgan fingerprint density at radius 2 is 2.16 bits per heavy atom. The molecule has 142 valence electrons. The molecule has 0 fully saturated rings. The predicted molar refractivity (Wildman–Crippen MR) is 82.7 cm³/mol. The number of aryl methyl sites for hydroxylation is 1. The van der Waals surface area contributed by atoms with Crippen LogP contribution in [0, 0.1) is 0 Å². The Bertz CT molecular complexity index is 758. The maximum absolute atomic E-state index is 12.6. The topological polar surface area (TPSA) is 89.4 Å². The average molecular weight is 383 g/mol. The van der Waals surface area contributed by atoms with Gasteiger partial charge in [0.25, 0.3) is 0 Å². The zero-order chi connectivity index (χ0) is 19.0. The second kappa shape index (κ2) is 6.96. The lowest BCUT2D eigenvalue weighted by Crippen LogP contribution is -2.49. The maximum atomic E-state index is 12.6. The van der Waals surface area contributed by atoms with Gasteiger partial charge in [0.2, 0.25) is 10.0 Å². The van der Waals surface area contributed by atoms with Gasteiger partial charge in [-0.05, 0) is 19.8 Å². The molecule has 2 unspecified atom stereocenters. The first-order valence-electron chi connectivity index (χ1n) is 7.55. The van der Waals surface area contributed by atoms with Crippen LogP contribution < -0.4 is 10.0 Å². The standard InChI is InChI=1S/C14H20F3N3O4S/c1-8(18-7-14(15,16)17)10-5-4-9-11(25(22,23)19-10)6-20(2)12(9)13(21)24-3/h6,8,10,18-19H,4-5,7H2,1-3H3. The molecule has 2 rings (SSSR count). The van der Waals surface area contributed by atoms with Crippen molar-refractivity contribution in [3.63, 3.8) is 0 Å². The zero-order valence-electron chi connectivity index (χ0n) is 14.0. The largest absolute Gasteiger partial charge is 0.464 e. The van der Waals surface area contributed by atoms with Crippen molar-refractivity contribution >= 4 is 16.0 Å². The molecule has 0 saturated heterocycles. The van der Waals surface area contributed by atoms with Crippen LogP contribution >= 0.6 is 0 Å². The van der Waals surface area contributed by atoms with Crippen molar-refractivity contribution in [2.24, 2.45) is 7.05 Å². The highest BCUT2D eigenvalue weighted by molar-refractivity contribution is 7.89. The van der Waals surface area contributed by atoms with Gasteiger partial charge in [0.05, 0.1) is 13.7 Å². The number of carbonyl (C=O) groups excluding carboxylic acids is 1. The van der Waals surface area contributed by atoms with Crippen molar-refractivity contribution in [2.45, 2.75) is 42.9 Å². The summed E-state index contributed by atoms with van der Waals surface area (Å²) >= 11 is 0. The van der Waals surface area contributed by atoms with E-state index in [0.717, 1.165) is 0 Å². The van der Waals surface area contributed by atoms with Crippen LogP contribution in [-0.4, -0.2) is 50.9 Å². The fraction of sp³-hybridized carbons (Fsp3) is 0.643. The molecule has 1 aliphatic rings. The summed E-state index contributed by atoms with van der Waals surface area (Å²) in [4.78, 5) is 11.9. The molecule has 0 amide bonds. The summed E-state index contributed by atoms with van der Waals surface area (Å²) in [6, 6.07) is -1.48. The molecule has 7 nitrogen and oxygen atoms in total. The number of nitrogens with zero attached hydrogens (tertiary/aromatic N) is 1. The van der Waals surface area contributed by atoms with E-state index < -0.39 is 40.8 Å². The van der Waals surface area contributed by atoms with Crippen LogP contribution in [0.15, 0.2) is 11.1 Å². The SMILES string of the molecule is COC(=O)c1c2c(cn1C)S(=O)(=O)NC(C(C)NCC(F)(F)F)CC2. The van der Waals surface area contributed by atoms with Crippen molar-refractivity contribution in [3.05, 3.63) is 17.5 Å². The number of nitrogens with one attached hydrogen (secondary N) is 2. The fourth-order valence-corrected chi connectivity index (χ4v) is 4.55. The van der Waals surface area contributed by atoms with Crippen molar-refractivity contribution in [2.75, 3.05) is 13.7 Å². The van der Waals surface area contributed by atoms with Gasteiger partial charge in [-0.1, -0.05) is 0 Å². The van der Waals surface area contributed by atoms with Crippen LogP contribution in [0.3, 0.4) is 0 Å². The molecule has 2 N–H and O–H groups in total. The number of methoxy groups -OCH3 is 1. The third-order valence-corrected chi connectivity index (χ3v) is 5.70. The first kappa shape index (κ1) is 19.7. The minimum Gasteiger partial charge on any atom is -0.464 e. The van der Waals surface area contributed by atoms with Crippen LogP contribution in [0.2, 0.25) is 0 Å². The zero-order valence-corrected chi connectivity index (χ0v) is 14.8. The molecule has 0 aliphatic carbocycles. The van der Waals surface area contributed by atoms with E-state index in [9.17, 15) is 26.4 Å². The second-order valence-corrected chi connectivity index (χ2v) is 7.66. The molecule has 2 atom stereocenters. The Morgan fingerprint density at radius 3 is 2.72 bits per heavy atom. The number of esters is 1. The number of fused-ring (bicyclic) bond motifs is 1. The van der Waals surface area contributed by atoms with Crippen LogP contribution in [0.5, 0.6) is 0 Å². The van der Waals surface area contributed by atoms with E-state index >= 15 is 0 Å². The second-order valence-electron chi connectivity index (χ2n) is 5.97. The van der Waals surface area contributed by atoms with Gasteiger partial charge >= 0.3 is 12.1 Å². The Labute approximate surface area is 143 Å². The van der Waals surface area contributed by atoms with E-state index in [-0.39, 0.29) is 23.4 Å². The third kappa shape index (κ3) is 4.33. The Morgan fingerprint density at radius 1 is 1.52 bits per heavy atom. The lowest BCUT2D eigenvalue weighted by atomic mass is 10.0. The van der Waals surface area contributed by atoms with E-state index in [1.165, 1.54) is 31.8 Å². The molecule has 2 heterocycles. The lowest BCUT2D eigenvalue weighted by Gasteiger charge is -2.24. The Kier molecular flexibility index (Phi) is 5.50. The van der Waals surface area contributed by atoms with E-state index in [2.05, 4.69) is 14.8 Å². The summed E-state index contributed by atoms with van der Waals surface area (Å²) in [5.74, 6) is -0.666. The maximum Gasteiger partial charge on any atom is 0.401 e. The van der Waals surface area contributed by atoms with E-state index in [0.29, 0.717) is 5.56 Å². The van der Waals surface area contributed by atoms with Crippen molar-refractivity contribution in [3.8, 4) is 0 Å². The predicted octanol–water partition coefficient (Wildman–Crippen LogP) is 0.945. The van der Waals surface area contributed by atoms with Gasteiger partial charge in [0.15, 0.2) is 0 Å². The molecule has 0 bridgehead atoms. The van der Waals surface area contributed by atoms with Crippen molar-refractivity contribution < 1.29 is 31.1 Å². The number of hydrogen-bond donors (Lipinski definition) is 2. The summed E-state index contributed by atoms with van der Waals surface area (Å²) in [5, 5.41) is 2.29. The number of carbonyl (C=O) groups is 1. The molecular formula is C14H20F3N3O4S. The molecule has 1 aliphatic heterocycles. The molecule has 0 aromatic carbocycles. The first-order valence-corrected chi connectivity index (χ1v) is 9.03. The van der Waals surface area contributed by atoms with Gasteiger partial charge in [-0.2, -0.15) is 13.2 Å². The molecule has 11 heteroatoms. The monoisotopic (exact) mass is 383 g/mol. The Balaban J connectivity index is 2.28. The number of ether oxygens (including phenoxy) is 1. The number of halogens is 3. The van der Waals surface area contributed by atoms with Gasteiger partial charge in [0.1, 0.15) is 10.6 Å². The number of rotatable bonds is 4. The highest BCUT2D eigenvalue weighted by Crippen LogP contribution is 2.28. The quantitative estimate of drug-likeness (QED) is 0.756. The van der Waals surface area contributed by atoms with Gasteiger partial charge < -0.3 is 14.6 Å². The van der Waals surface area contributed by atoms with Gasteiger partial charge in [-0.15, -0.1) is 0 Å². The molecule has 25 heavy (non-hydrogen) atoms. The third-order valence-electron chi connectivity index (χ3n) is 4.16. The minimum atomic E-state index is -4.39. The lowest BCUT2D eigenvalue weighted by molar-refractivity contribution is -0.126. The molecule has 1 aromatic heterocycles. The van der Waals surface area contributed by atoms with Gasteiger partial charge in [-0.25, -0.2) is 17.9 Å². The summed E-state index contributed by atoms with van der Waals surface area (Å²) < 4.78 is 70.7. The van der Waals surface area contributed by atoms with Gasteiger partial charge in [0, 0.05) is 30.9 Å². The smallest absolute Gasteiger partial charge is 0.401 e. The van der Waals surface area contributed by atoms with E-state index in [1.54, 1.807) is 0 Å². The molecule has 0 saturated carbocycles. The number of hydrogen-bond acceptors (Lipinski definition) is 5. The molecule has 0 spiro atoms. The summed E-state index contributed by atoms with van der Waals surface area (Å²) in [7, 11) is -1.25. The van der Waals surface area contributed by atoms with E-state index in [1.807, 2.05) is 0 Å². The molecule has 1 aromatic rings. The highest BCUT2D eigenvalue weighted by atomic mass is 32.2. The van der Waals surface area contributed by atoms with Crippen LogP contribution in [-0.2, 0) is 28.2 Å². The van der Waals surface area contributed by atoms with Crippen LogP contribution in [0.4, 0.5) is 13.2 Å². The molecule has 0 radical (unpaired) electrons. The van der Waals surface area contributed by atoms with Gasteiger partial charge in [-0.3, -0.25) is 0 Å². The number of sulfonamides is 1. The van der Waals surface area contributed by atoms with Crippen molar-refractivity contribution in [1.29, 1.82) is 0 Å². The summed E-state index contributed by atoms with van der Waals surface area (Å²) in [5.41, 5.74) is 0.437. The van der Waals surface area contributed by atoms with Crippen LogP contribution in [0.25, 0.3) is 0 Å². The number of aromatic nitrogens is 1. The fourth-order valence-electron chi connectivity index (χ4n) is 2.88. The normalized spacial score (nSPS) is 21.3. The Hall–Kier alpha value is -1.59. The summed E-state index contributed by atoms with van der Waals surface area (Å²) in [6.45, 7) is 0.268. The average Bonchev–Trinajstić information content (AvgIpc) is 2.78. The first-order chi connectivity index (χ1) is 11.5. The van der Waals surface area contributed by atoms with E-state index in [4.69, 9.17) is 0 Å². The summed E-state index contributed by atoms with van der Waals surface area (Å²) in [6.07, 6.45) is -2.62. The van der Waals surface area contributed by atoms with Crippen molar-refractivity contribution in [1.82, 2.24) is 14.6 Å². The highest BCUT2D eigenvalue weighted by Gasteiger charge is 2.36. The number of alkyl halides is 3. The molecular weight excluding hydrogens is 363 g/mol. The van der Waals surface area contributed by atoms with Crippen LogP contribution in [0.1, 0.15) is 29.4 Å². The minimum absolute atomic E-state index is 0.0547.